The molecule has 4 aromatic rings. The van der Waals surface area contributed by atoms with Crippen LogP contribution in [0.5, 0.6) is 0 Å². The number of fused-ring (bicyclic) bond motifs is 5. The van der Waals surface area contributed by atoms with Crippen molar-refractivity contribution in [2.45, 2.75) is 6.54 Å². The minimum atomic E-state index is -0.498. The smallest absolute Gasteiger partial charge is 0.355 e. The number of aromatic nitrogens is 2. The van der Waals surface area contributed by atoms with Gasteiger partial charge in [-0.15, -0.1) is 6.42 Å². The Morgan fingerprint density at radius 1 is 1.04 bits per heavy atom. The van der Waals surface area contributed by atoms with Crippen LogP contribution in [0.4, 0.5) is 0 Å². The van der Waals surface area contributed by atoms with Crippen LogP contribution in [0.2, 0.25) is 0 Å². The van der Waals surface area contributed by atoms with Gasteiger partial charge in [-0.2, -0.15) is 0 Å². The number of esters is 2. The van der Waals surface area contributed by atoms with Gasteiger partial charge in [-0.1, -0.05) is 24.1 Å². The first-order chi connectivity index (χ1) is 13.1. The highest BCUT2D eigenvalue weighted by atomic mass is 16.5. The van der Waals surface area contributed by atoms with Gasteiger partial charge in [-0.25, -0.2) is 9.59 Å². The van der Waals surface area contributed by atoms with Gasteiger partial charge < -0.3 is 18.4 Å². The molecule has 0 N–H and O–H groups in total. The number of carbonyl (C=O) groups is 2. The maximum Gasteiger partial charge on any atom is 0.355 e. The molecule has 0 bridgehead atoms. The van der Waals surface area contributed by atoms with E-state index >= 15 is 0 Å². The van der Waals surface area contributed by atoms with E-state index < -0.39 is 11.9 Å². The molecule has 27 heavy (non-hydrogen) atoms. The molecule has 0 atom stereocenters. The monoisotopic (exact) mass is 360 g/mol. The summed E-state index contributed by atoms with van der Waals surface area (Å²) in [6.45, 7) is 0.357. The fourth-order valence-corrected chi connectivity index (χ4v) is 3.55. The second-order valence-electron chi connectivity index (χ2n) is 6.07. The summed E-state index contributed by atoms with van der Waals surface area (Å²) >= 11 is 0. The number of benzene rings is 1. The lowest BCUT2D eigenvalue weighted by Crippen LogP contribution is -2.08. The molecule has 1 aromatic carbocycles. The molecule has 0 fully saturated rings. The van der Waals surface area contributed by atoms with Gasteiger partial charge in [0.25, 0.3) is 0 Å². The van der Waals surface area contributed by atoms with E-state index in [0.717, 1.165) is 21.8 Å². The van der Waals surface area contributed by atoms with Crippen LogP contribution >= 0.6 is 0 Å². The van der Waals surface area contributed by atoms with Crippen molar-refractivity contribution in [2.75, 3.05) is 14.2 Å². The van der Waals surface area contributed by atoms with Crippen LogP contribution in [0.1, 0.15) is 20.8 Å². The molecule has 0 spiro atoms. The highest BCUT2D eigenvalue weighted by Gasteiger charge is 2.21. The highest BCUT2D eigenvalue weighted by Crippen LogP contribution is 2.34. The van der Waals surface area contributed by atoms with Crippen LogP contribution in [0.15, 0.2) is 42.6 Å². The summed E-state index contributed by atoms with van der Waals surface area (Å²) in [7, 11) is 2.64. The lowest BCUT2D eigenvalue weighted by Gasteiger charge is -2.08. The SMILES string of the molecule is C#CCn1c2ccccc2c2cc(C(=O)OC)n3cc(C(=O)OC)cc3c21. The summed E-state index contributed by atoms with van der Waals surface area (Å²) in [6.07, 6.45) is 7.17. The van der Waals surface area contributed by atoms with Crippen LogP contribution in [0, 0.1) is 12.3 Å². The molecule has 0 unspecified atom stereocenters. The van der Waals surface area contributed by atoms with Crippen LogP contribution in [-0.4, -0.2) is 35.1 Å². The quantitative estimate of drug-likeness (QED) is 0.416. The Hall–Kier alpha value is -3.72. The molecule has 6 nitrogen and oxygen atoms in total. The number of para-hydroxylation sites is 1. The van der Waals surface area contributed by atoms with Gasteiger partial charge in [0.15, 0.2) is 0 Å². The van der Waals surface area contributed by atoms with Crippen LogP contribution in [0.25, 0.3) is 27.3 Å². The van der Waals surface area contributed by atoms with E-state index in [1.807, 2.05) is 28.8 Å². The van der Waals surface area contributed by atoms with Crippen molar-refractivity contribution < 1.29 is 19.1 Å². The lowest BCUT2D eigenvalue weighted by atomic mass is 10.1. The van der Waals surface area contributed by atoms with Gasteiger partial charge in [0.05, 0.1) is 42.9 Å². The summed E-state index contributed by atoms with van der Waals surface area (Å²) in [6, 6.07) is 11.3. The number of hydrogen-bond donors (Lipinski definition) is 0. The van der Waals surface area contributed by atoms with Crippen LogP contribution < -0.4 is 0 Å². The molecule has 0 saturated heterocycles. The molecule has 3 heterocycles. The molecule has 3 aromatic heterocycles. The first kappa shape index (κ1) is 16.7. The molecule has 6 heteroatoms. The Morgan fingerprint density at radius 2 is 1.78 bits per heavy atom. The molecule has 134 valence electrons. The van der Waals surface area contributed by atoms with Crippen LogP contribution in [-0.2, 0) is 16.0 Å². The third kappa shape index (κ3) is 2.36. The average Bonchev–Trinajstić information content (AvgIpc) is 3.27. The van der Waals surface area contributed by atoms with E-state index in [4.69, 9.17) is 15.9 Å². The number of carbonyl (C=O) groups excluding carboxylic acids is 2. The third-order valence-corrected chi connectivity index (χ3v) is 4.68. The highest BCUT2D eigenvalue weighted by molar-refractivity contribution is 6.15. The number of terminal acetylenes is 1. The van der Waals surface area contributed by atoms with E-state index in [1.54, 1.807) is 22.7 Å². The number of hydrogen-bond acceptors (Lipinski definition) is 4. The number of rotatable bonds is 3. The Morgan fingerprint density at radius 3 is 2.48 bits per heavy atom. The van der Waals surface area contributed by atoms with Crippen LogP contribution in [0.3, 0.4) is 0 Å². The predicted molar refractivity (Wildman–Crippen MR) is 102 cm³/mol. The van der Waals surface area contributed by atoms with Gasteiger partial charge in [-0.3, -0.25) is 0 Å². The van der Waals surface area contributed by atoms with Crippen molar-refractivity contribution in [1.82, 2.24) is 8.97 Å². The first-order valence-electron chi connectivity index (χ1n) is 8.26. The summed E-state index contributed by atoms with van der Waals surface area (Å²) in [4.78, 5) is 24.5. The zero-order chi connectivity index (χ0) is 19.1. The zero-order valence-electron chi connectivity index (χ0n) is 14.9. The second-order valence-corrected chi connectivity index (χ2v) is 6.07. The third-order valence-electron chi connectivity index (χ3n) is 4.68. The van der Waals surface area contributed by atoms with Gasteiger partial charge in [0, 0.05) is 17.0 Å². The lowest BCUT2D eigenvalue weighted by molar-refractivity contribution is 0.0583. The van der Waals surface area contributed by atoms with E-state index in [9.17, 15) is 9.59 Å². The van der Waals surface area contributed by atoms with Gasteiger partial charge in [0.1, 0.15) is 5.69 Å². The van der Waals surface area contributed by atoms with Crippen molar-refractivity contribution >= 4 is 39.3 Å². The predicted octanol–water partition coefficient (Wildman–Crippen LogP) is 3.25. The second kappa shape index (κ2) is 6.22. The number of pyridine rings is 1. The number of ether oxygens (including phenoxy) is 2. The Balaban J connectivity index is 2.24. The minimum absolute atomic E-state index is 0.318. The maximum atomic E-state index is 12.4. The van der Waals surface area contributed by atoms with E-state index in [2.05, 4.69) is 5.92 Å². The molecule has 0 aliphatic rings. The van der Waals surface area contributed by atoms with E-state index in [1.165, 1.54) is 14.2 Å². The molecular weight excluding hydrogens is 344 g/mol. The zero-order valence-corrected chi connectivity index (χ0v) is 14.9. The normalized spacial score (nSPS) is 11.0. The van der Waals surface area contributed by atoms with Crippen molar-refractivity contribution in [3.8, 4) is 12.3 Å². The minimum Gasteiger partial charge on any atom is -0.465 e. The fourth-order valence-electron chi connectivity index (χ4n) is 3.55. The molecule has 4 rings (SSSR count). The Bertz CT molecular complexity index is 1270. The van der Waals surface area contributed by atoms with Gasteiger partial charge in [-0.05, 0) is 18.2 Å². The standard InChI is InChI=1S/C21H16N2O4/c1-4-9-22-16-8-6-5-7-14(16)15-11-18(21(25)27-3)23-12-13(20(24)26-2)10-17(23)19(15)22/h1,5-8,10-12H,9H2,2-3H3. The fraction of sp³-hybridized carbons (Fsp3) is 0.143. The topological polar surface area (TPSA) is 61.9 Å². The summed E-state index contributed by atoms with van der Waals surface area (Å²) in [5.74, 6) is 1.70. The summed E-state index contributed by atoms with van der Waals surface area (Å²) < 4.78 is 13.4. The maximum absolute atomic E-state index is 12.4. The molecule has 0 radical (unpaired) electrons. The molecule has 0 aliphatic carbocycles. The van der Waals surface area contributed by atoms with Crippen molar-refractivity contribution in [2.24, 2.45) is 0 Å². The van der Waals surface area contributed by atoms with E-state index in [0.29, 0.717) is 23.3 Å². The molecule has 0 aliphatic heterocycles. The van der Waals surface area contributed by atoms with Gasteiger partial charge in [0.2, 0.25) is 0 Å². The number of methoxy groups -OCH3 is 2. The van der Waals surface area contributed by atoms with Gasteiger partial charge >= 0.3 is 11.9 Å². The Labute approximate surface area is 154 Å². The molecular formula is C21H16N2O4. The Kier molecular flexibility index (Phi) is 3.85. The van der Waals surface area contributed by atoms with Crippen molar-refractivity contribution in [1.29, 1.82) is 0 Å². The number of nitrogens with zero attached hydrogens (tertiary/aromatic N) is 2. The van der Waals surface area contributed by atoms with E-state index in [-0.39, 0.29) is 0 Å². The molecule has 0 saturated carbocycles. The summed E-state index contributed by atoms with van der Waals surface area (Å²) in [5, 5.41) is 1.83. The van der Waals surface area contributed by atoms with Crippen molar-refractivity contribution in [3.05, 3.63) is 53.9 Å². The summed E-state index contributed by atoms with van der Waals surface area (Å²) in [5.41, 5.74) is 3.14. The largest absolute Gasteiger partial charge is 0.465 e. The van der Waals surface area contributed by atoms with Crippen molar-refractivity contribution in [3.63, 3.8) is 0 Å². The first-order valence-corrected chi connectivity index (χ1v) is 8.26. The average molecular weight is 360 g/mol. The molecule has 0 amide bonds.